The quantitative estimate of drug-likeness (QED) is 0.732. The molecule has 0 aromatic carbocycles. The third kappa shape index (κ3) is 2.64. The molecule has 0 aromatic rings. The number of hydrogen-bond donors (Lipinski definition) is 0. The van der Waals surface area contributed by atoms with Crippen molar-refractivity contribution < 1.29 is 9.53 Å². The third-order valence-corrected chi connectivity index (χ3v) is 4.00. The van der Waals surface area contributed by atoms with Crippen LogP contribution >= 0.6 is 0 Å². The van der Waals surface area contributed by atoms with Crippen molar-refractivity contribution in [3.63, 3.8) is 0 Å². The van der Waals surface area contributed by atoms with Crippen LogP contribution in [-0.4, -0.2) is 43.0 Å². The first-order chi connectivity index (χ1) is 7.70. The van der Waals surface area contributed by atoms with Crippen molar-refractivity contribution >= 4 is 5.78 Å². The first kappa shape index (κ1) is 12.1. The summed E-state index contributed by atoms with van der Waals surface area (Å²) < 4.78 is 5.71. The van der Waals surface area contributed by atoms with Crippen molar-refractivity contribution in [3.05, 3.63) is 0 Å². The fraction of sp³-hybridized carbons (Fsp3) is 0.923. The van der Waals surface area contributed by atoms with E-state index in [-0.39, 0.29) is 5.92 Å². The van der Waals surface area contributed by atoms with Gasteiger partial charge in [0.15, 0.2) is 0 Å². The van der Waals surface area contributed by atoms with Crippen LogP contribution in [0, 0.1) is 11.8 Å². The molecule has 2 heterocycles. The second-order valence-electron chi connectivity index (χ2n) is 5.24. The van der Waals surface area contributed by atoms with Gasteiger partial charge in [-0.05, 0) is 18.8 Å². The molecular weight excluding hydrogens is 202 g/mol. The summed E-state index contributed by atoms with van der Waals surface area (Å²) in [6.45, 7) is 8.20. The van der Waals surface area contributed by atoms with Crippen LogP contribution in [-0.2, 0) is 9.53 Å². The number of Topliss-reactive ketones (excluding diaryl/α,β-unsaturated/α-hetero) is 1. The second kappa shape index (κ2) is 5.28. The molecule has 3 nitrogen and oxygen atoms in total. The van der Waals surface area contributed by atoms with Gasteiger partial charge in [-0.2, -0.15) is 0 Å². The smallest absolute Gasteiger partial charge is 0.138 e. The normalized spacial score (nSPS) is 36.9. The molecule has 0 aliphatic carbocycles. The SMILES string of the molecule is CCC1OCCC1CN1CCC(=O)C(C)C1. The Bertz CT molecular complexity index is 254. The summed E-state index contributed by atoms with van der Waals surface area (Å²) >= 11 is 0. The lowest BCUT2D eigenvalue weighted by Crippen LogP contribution is -2.43. The number of rotatable bonds is 3. The van der Waals surface area contributed by atoms with E-state index in [4.69, 9.17) is 4.74 Å². The Balaban J connectivity index is 1.83. The molecule has 0 amide bonds. The van der Waals surface area contributed by atoms with Crippen LogP contribution in [0.2, 0.25) is 0 Å². The highest BCUT2D eigenvalue weighted by atomic mass is 16.5. The van der Waals surface area contributed by atoms with E-state index in [2.05, 4.69) is 18.7 Å². The van der Waals surface area contributed by atoms with Gasteiger partial charge in [-0.1, -0.05) is 13.8 Å². The largest absolute Gasteiger partial charge is 0.378 e. The van der Waals surface area contributed by atoms with E-state index in [1.807, 2.05) is 0 Å². The summed E-state index contributed by atoms with van der Waals surface area (Å²) in [6, 6.07) is 0. The Hall–Kier alpha value is -0.410. The highest BCUT2D eigenvalue weighted by Gasteiger charge is 2.31. The van der Waals surface area contributed by atoms with Gasteiger partial charge in [0.05, 0.1) is 6.10 Å². The lowest BCUT2D eigenvalue weighted by Gasteiger charge is -2.32. The Labute approximate surface area is 98.1 Å². The van der Waals surface area contributed by atoms with Crippen molar-refractivity contribution in [3.8, 4) is 0 Å². The molecule has 0 N–H and O–H groups in total. The van der Waals surface area contributed by atoms with Gasteiger partial charge in [-0.3, -0.25) is 4.79 Å². The van der Waals surface area contributed by atoms with E-state index in [1.165, 1.54) is 6.42 Å². The average molecular weight is 225 g/mol. The molecule has 16 heavy (non-hydrogen) atoms. The van der Waals surface area contributed by atoms with Gasteiger partial charge in [0, 0.05) is 38.6 Å². The number of piperidine rings is 1. The second-order valence-corrected chi connectivity index (χ2v) is 5.24. The number of nitrogens with zero attached hydrogens (tertiary/aromatic N) is 1. The zero-order valence-corrected chi connectivity index (χ0v) is 10.4. The van der Waals surface area contributed by atoms with Crippen molar-refractivity contribution in [1.29, 1.82) is 0 Å². The number of ketones is 1. The fourth-order valence-corrected chi connectivity index (χ4v) is 2.95. The Morgan fingerprint density at radius 3 is 3.00 bits per heavy atom. The highest BCUT2D eigenvalue weighted by Crippen LogP contribution is 2.25. The fourth-order valence-electron chi connectivity index (χ4n) is 2.95. The molecule has 0 aromatic heterocycles. The zero-order chi connectivity index (χ0) is 11.5. The van der Waals surface area contributed by atoms with E-state index in [1.54, 1.807) is 0 Å². The molecular formula is C13H23NO2. The van der Waals surface area contributed by atoms with Crippen LogP contribution in [0.1, 0.15) is 33.1 Å². The standard InChI is InChI=1S/C13H23NO2/c1-3-13-11(5-7-16-13)9-14-6-4-12(15)10(2)8-14/h10-11,13H,3-9H2,1-2H3. The predicted molar refractivity (Wildman–Crippen MR) is 63.4 cm³/mol. The Morgan fingerprint density at radius 1 is 1.50 bits per heavy atom. The van der Waals surface area contributed by atoms with E-state index in [0.717, 1.165) is 39.1 Å². The third-order valence-electron chi connectivity index (χ3n) is 4.00. The Kier molecular flexibility index (Phi) is 3.98. The van der Waals surface area contributed by atoms with Gasteiger partial charge in [0.1, 0.15) is 5.78 Å². The minimum absolute atomic E-state index is 0.233. The molecule has 92 valence electrons. The summed E-state index contributed by atoms with van der Waals surface area (Å²) in [5.74, 6) is 1.35. The lowest BCUT2D eigenvalue weighted by molar-refractivity contribution is -0.125. The summed E-state index contributed by atoms with van der Waals surface area (Å²) in [7, 11) is 0. The highest BCUT2D eigenvalue weighted by molar-refractivity contribution is 5.81. The predicted octanol–water partition coefficient (Wildman–Crippen LogP) is 1.71. The zero-order valence-electron chi connectivity index (χ0n) is 10.4. The summed E-state index contributed by atoms with van der Waals surface area (Å²) in [6.07, 6.45) is 3.50. The van der Waals surface area contributed by atoms with Crippen LogP contribution < -0.4 is 0 Å². The molecule has 2 aliphatic heterocycles. The number of carbonyl (C=O) groups excluding carboxylic acids is 1. The van der Waals surface area contributed by atoms with Crippen LogP contribution in [0.15, 0.2) is 0 Å². The first-order valence-electron chi connectivity index (χ1n) is 6.57. The van der Waals surface area contributed by atoms with Crippen molar-refractivity contribution in [2.75, 3.05) is 26.2 Å². The van der Waals surface area contributed by atoms with Gasteiger partial charge < -0.3 is 9.64 Å². The summed E-state index contributed by atoms with van der Waals surface area (Å²) in [4.78, 5) is 13.9. The van der Waals surface area contributed by atoms with Gasteiger partial charge >= 0.3 is 0 Å². The number of likely N-dealkylation sites (tertiary alicyclic amines) is 1. The van der Waals surface area contributed by atoms with Crippen LogP contribution in [0.25, 0.3) is 0 Å². The first-order valence-corrected chi connectivity index (χ1v) is 6.57. The minimum Gasteiger partial charge on any atom is -0.378 e. The van der Waals surface area contributed by atoms with Gasteiger partial charge in [0.25, 0.3) is 0 Å². The van der Waals surface area contributed by atoms with Crippen molar-refractivity contribution in [1.82, 2.24) is 4.90 Å². The average Bonchev–Trinajstić information content (AvgIpc) is 2.71. The monoisotopic (exact) mass is 225 g/mol. The van der Waals surface area contributed by atoms with E-state index in [9.17, 15) is 4.79 Å². The van der Waals surface area contributed by atoms with Gasteiger partial charge in [-0.15, -0.1) is 0 Å². The maximum atomic E-state index is 11.4. The molecule has 3 atom stereocenters. The summed E-state index contributed by atoms with van der Waals surface area (Å²) in [5, 5.41) is 0. The molecule has 2 fully saturated rings. The van der Waals surface area contributed by atoms with Gasteiger partial charge in [-0.25, -0.2) is 0 Å². The Morgan fingerprint density at radius 2 is 2.31 bits per heavy atom. The molecule has 3 heteroatoms. The number of hydrogen-bond acceptors (Lipinski definition) is 3. The van der Waals surface area contributed by atoms with E-state index in [0.29, 0.717) is 17.8 Å². The maximum Gasteiger partial charge on any atom is 0.138 e. The maximum absolute atomic E-state index is 11.4. The van der Waals surface area contributed by atoms with Gasteiger partial charge in [0.2, 0.25) is 0 Å². The number of ether oxygens (including phenoxy) is 1. The lowest BCUT2D eigenvalue weighted by atomic mass is 9.94. The molecule has 3 unspecified atom stereocenters. The topological polar surface area (TPSA) is 29.5 Å². The van der Waals surface area contributed by atoms with Crippen LogP contribution in [0.4, 0.5) is 0 Å². The van der Waals surface area contributed by atoms with E-state index < -0.39 is 0 Å². The van der Waals surface area contributed by atoms with E-state index >= 15 is 0 Å². The number of carbonyl (C=O) groups is 1. The van der Waals surface area contributed by atoms with Crippen molar-refractivity contribution in [2.45, 2.75) is 39.2 Å². The van der Waals surface area contributed by atoms with Crippen LogP contribution in [0.5, 0.6) is 0 Å². The molecule has 2 aliphatic rings. The molecule has 0 saturated carbocycles. The summed E-state index contributed by atoms with van der Waals surface area (Å²) in [5.41, 5.74) is 0. The molecule has 0 spiro atoms. The molecule has 2 rings (SSSR count). The minimum atomic E-state index is 0.233. The molecule has 2 saturated heterocycles. The van der Waals surface area contributed by atoms with Crippen molar-refractivity contribution in [2.24, 2.45) is 11.8 Å². The molecule has 0 bridgehead atoms. The van der Waals surface area contributed by atoms with Crippen LogP contribution in [0.3, 0.4) is 0 Å². The molecule has 0 radical (unpaired) electrons.